The zero-order valence-electron chi connectivity index (χ0n) is 8.07. The van der Waals surface area contributed by atoms with Crippen molar-refractivity contribution in [2.75, 3.05) is 6.61 Å². The fourth-order valence-electron chi connectivity index (χ4n) is 1.46. The van der Waals surface area contributed by atoms with Crippen molar-refractivity contribution in [3.63, 3.8) is 0 Å². The van der Waals surface area contributed by atoms with E-state index in [9.17, 15) is 4.79 Å². The van der Waals surface area contributed by atoms with Crippen LogP contribution in [0.5, 0.6) is 5.75 Å². The summed E-state index contributed by atoms with van der Waals surface area (Å²) in [4.78, 5) is 10.5. The Hall–Kier alpha value is -2.03. The lowest BCUT2D eigenvalue weighted by molar-refractivity contribution is -0.120. The number of carbonyl (C=O) groups is 1. The van der Waals surface area contributed by atoms with E-state index in [1.165, 1.54) is 0 Å². The number of hydrogen-bond acceptors (Lipinski definition) is 2. The van der Waals surface area contributed by atoms with Crippen LogP contribution in [0.2, 0.25) is 0 Å². The second-order valence-electron chi connectivity index (χ2n) is 3.19. The van der Waals surface area contributed by atoms with Crippen molar-refractivity contribution < 1.29 is 9.53 Å². The Bertz CT molecular complexity index is 488. The van der Waals surface area contributed by atoms with Gasteiger partial charge in [-0.15, -0.1) is 0 Å². The molecule has 0 spiro atoms. The number of nitrogens with one attached hydrogen (secondary N) is 1. The third-order valence-corrected chi connectivity index (χ3v) is 2.11. The highest BCUT2D eigenvalue weighted by Gasteiger charge is 2.02. The molecule has 1 radical (unpaired) electrons. The van der Waals surface area contributed by atoms with Gasteiger partial charge in [0, 0.05) is 5.39 Å². The summed E-state index contributed by atoms with van der Waals surface area (Å²) in [5.74, 6) is -0.0726. The van der Waals surface area contributed by atoms with E-state index in [0.717, 1.165) is 10.8 Å². The molecular weight excluding hydrogens is 190 g/mol. The minimum Gasteiger partial charge on any atom is -0.483 e. The Morgan fingerprint density at radius 2 is 1.87 bits per heavy atom. The predicted octanol–water partition coefficient (Wildman–Crippen LogP) is 2.03. The lowest BCUT2D eigenvalue weighted by Gasteiger charge is -2.06. The lowest BCUT2D eigenvalue weighted by atomic mass is 10.1. The van der Waals surface area contributed by atoms with Crippen LogP contribution in [0.1, 0.15) is 0 Å². The van der Waals surface area contributed by atoms with Crippen molar-refractivity contribution in [2.45, 2.75) is 0 Å². The van der Waals surface area contributed by atoms with Crippen LogP contribution in [0, 0.1) is 0 Å². The van der Waals surface area contributed by atoms with Crippen LogP contribution in [-0.2, 0) is 4.79 Å². The molecular formula is C12H10NO2. The van der Waals surface area contributed by atoms with E-state index in [-0.39, 0.29) is 6.61 Å². The molecule has 1 amide bonds. The first-order chi connectivity index (χ1) is 7.27. The highest BCUT2D eigenvalue weighted by Crippen LogP contribution is 2.24. The molecule has 0 unspecified atom stereocenters. The van der Waals surface area contributed by atoms with E-state index in [4.69, 9.17) is 10.5 Å². The fourth-order valence-corrected chi connectivity index (χ4v) is 1.46. The summed E-state index contributed by atoms with van der Waals surface area (Å²) in [5, 5.41) is 2.02. The van der Waals surface area contributed by atoms with E-state index in [2.05, 4.69) is 0 Å². The van der Waals surface area contributed by atoms with Gasteiger partial charge in [-0.25, -0.2) is 0 Å². The molecule has 0 saturated heterocycles. The van der Waals surface area contributed by atoms with E-state index < -0.39 is 5.91 Å². The number of carbonyl (C=O) groups excluding carboxylic acids is 1. The number of amides is 1. The Labute approximate surface area is 87.5 Å². The van der Waals surface area contributed by atoms with Gasteiger partial charge in [0.25, 0.3) is 5.91 Å². The van der Waals surface area contributed by atoms with Gasteiger partial charge in [-0.1, -0.05) is 36.4 Å². The van der Waals surface area contributed by atoms with Crippen molar-refractivity contribution in [1.82, 2.24) is 5.73 Å². The van der Waals surface area contributed by atoms with Crippen LogP contribution in [0.15, 0.2) is 42.5 Å². The zero-order valence-corrected chi connectivity index (χ0v) is 8.07. The van der Waals surface area contributed by atoms with Crippen molar-refractivity contribution in [2.24, 2.45) is 0 Å². The van der Waals surface area contributed by atoms with Crippen molar-refractivity contribution >= 4 is 16.7 Å². The number of fused-ring (bicyclic) bond motifs is 1. The van der Waals surface area contributed by atoms with Crippen LogP contribution in [-0.4, -0.2) is 12.5 Å². The van der Waals surface area contributed by atoms with Crippen molar-refractivity contribution in [3.05, 3.63) is 42.5 Å². The summed E-state index contributed by atoms with van der Waals surface area (Å²) < 4.78 is 5.24. The lowest BCUT2D eigenvalue weighted by Crippen LogP contribution is -2.11. The maximum Gasteiger partial charge on any atom is 0.276 e. The summed E-state index contributed by atoms with van der Waals surface area (Å²) in [7, 11) is 0. The number of benzene rings is 2. The third kappa shape index (κ3) is 2.07. The monoisotopic (exact) mass is 200 g/mol. The molecule has 3 nitrogen and oxygen atoms in total. The molecule has 3 heteroatoms. The minimum absolute atomic E-state index is 0.200. The quantitative estimate of drug-likeness (QED) is 0.761. The molecule has 0 saturated carbocycles. The molecule has 2 aromatic carbocycles. The molecule has 0 atom stereocenters. The predicted molar refractivity (Wildman–Crippen MR) is 57.5 cm³/mol. The molecule has 2 aromatic rings. The molecule has 15 heavy (non-hydrogen) atoms. The smallest absolute Gasteiger partial charge is 0.276 e. The molecule has 0 aromatic heterocycles. The van der Waals surface area contributed by atoms with Gasteiger partial charge in [0.05, 0.1) is 0 Å². The first-order valence-corrected chi connectivity index (χ1v) is 4.62. The topological polar surface area (TPSA) is 50.1 Å². The maximum atomic E-state index is 10.5. The summed E-state index contributed by atoms with van der Waals surface area (Å²) in [6.45, 7) is -0.200. The van der Waals surface area contributed by atoms with Gasteiger partial charge in [-0.3, -0.25) is 10.5 Å². The Kier molecular flexibility index (Phi) is 2.54. The second-order valence-corrected chi connectivity index (χ2v) is 3.19. The van der Waals surface area contributed by atoms with Gasteiger partial charge in [-0.2, -0.15) is 0 Å². The number of ether oxygens (including phenoxy) is 1. The second kappa shape index (κ2) is 4.00. The Balaban J connectivity index is 2.38. The maximum absolute atomic E-state index is 10.5. The van der Waals surface area contributed by atoms with Crippen molar-refractivity contribution in [3.8, 4) is 5.75 Å². The standard InChI is InChI=1S/C12H10NO2/c13-12(14)8-15-11-7-3-5-9-4-1-2-6-10(9)11/h1-7,13H,8H2. The summed E-state index contributed by atoms with van der Waals surface area (Å²) >= 11 is 0. The molecule has 0 aliphatic heterocycles. The molecule has 75 valence electrons. The van der Waals surface area contributed by atoms with Crippen LogP contribution < -0.4 is 10.5 Å². The van der Waals surface area contributed by atoms with E-state index in [0.29, 0.717) is 5.75 Å². The molecule has 1 N–H and O–H groups in total. The Morgan fingerprint density at radius 3 is 2.67 bits per heavy atom. The molecule has 0 aliphatic rings. The fraction of sp³-hybridized carbons (Fsp3) is 0.0833. The van der Waals surface area contributed by atoms with Gasteiger partial charge in [-0.05, 0) is 11.5 Å². The largest absolute Gasteiger partial charge is 0.483 e. The summed E-state index contributed by atoms with van der Waals surface area (Å²) in [5.41, 5.74) is 6.77. The normalized spacial score (nSPS) is 10.1. The van der Waals surface area contributed by atoms with Crippen molar-refractivity contribution in [1.29, 1.82) is 0 Å². The first-order valence-electron chi connectivity index (χ1n) is 4.62. The highest BCUT2D eigenvalue weighted by atomic mass is 16.5. The van der Waals surface area contributed by atoms with Crippen LogP contribution in [0.4, 0.5) is 0 Å². The van der Waals surface area contributed by atoms with Gasteiger partial charge >= 0.3 is 0 Å². The summed E-state index contributed by atoms with van der Waals surface area (Å²) in [6, 6.07) is 13.4. The van der Waals surface area contributed by atoms with Gasteiger partial charge in [0.1, 0.15) is 5.75 Å². The van der Waals surface area contributed by atoms with Crippen LogP contribution in [0.25, 0.3) is 10.8 Å². The third-order valence-electron chi connectivity index (χ3n) is 2.11. The first kappa shape index (κ1) is 9.52. The molecule has 0 fully saturated rings. The van der Waals surface area contributed by atoms with Gasteiger partial charge in [0.2, 0.25) is 0 Å². The minimum atomic E-state index is -0.720. The van der Waals surface area contributed by atoms with E-state index in [1.54, 1.807) is 6.07 Å². The molecule has 0 bridgehead atoms. The Morgan fingerprint density at radius 1 is 1.13 bits per heavy atom. The zero-order chi connectivity index (χ0) is 10.7. The number of hydrogen-bond donors (Lipinski definition) is 0. The van der Waals surface area contributed by atoms with Crippen LogP contribution in [0.3, 0.4) is 0 Å². The number of rotatable bonds is 3. The average molecular weight is 200 g/mol. The molecule has 0 heterocycles. The van der Waals surface area contributed by atoms with Crippen LogP contribution >= 0.6 is 0 Å². The molecule has 0 aliphatic carbocycles. The van der Waals surface area contributed by atoms with E-state index >= 15 is 0 Å². The summed E-state index contributed by atoms with van der Waals surface area (Å²) in [6.07, 6.45) is 0. The SMILES string of the molecule is [NH]C(=O)COc1cccc2ccccc12. The van der Waals surface area contributed by atoms with Gasteiger partial charge < -0.3 is 4.74 Å². The average Bonchev–Trinajstić information content (AvgIpc) is 2.26. The molecule has 2 rings (SSSR count). The highest BCUT2D eigenvalue weighted by molar-refractivity contribution is 5.88. The van der Waals surface area contributed by atoms with Gasteiger partial charge in [0.15, 0.2) is 6.61 Å². The van der Waals surface area contributed by atoms with E-state index in [1.807, 2.05) is 36.4 Å².